The topological polar surface area (TPSA) is 9.23 Å². The van der Waals surface area contributed by atoms with Crippen molar-refractivity contribution in [2.24, 2.45) is 0 Å². The second kappa shape index (κ2) is 3.70. The third-order valence-electron chi connectivity index (χ3n) is 1.56. The second-order valence-electron chi connectivity index (χ2n) is 2.36. The first-order valence-corrected chi connectivity index (χ1v) is 5.48. The maximum Gasteiger partial charge on any atom is 0.178 e. The van der Waals surface area contributed by atoms with E-state index in [2.05, 4.69) is 31.2 Å². The molecule has 54 valence electrons. The summed E-state index contributed by atoms with van der Waals surface area (Å²) in [5.41, 5.74) is 1.38. The van der Waals surface area contributed by atoms with Gasteiger partial charge in [-0.2, -0.15) is 0 Å². The number of rotatable bonds is 2. The number of hydrogen-bond donors (Lipinski definition) is 0. The largest absolute Gasteiger partial charge is 0.465 e. The molecular formula is C7H12OSi2. The van der Waals surface area contributed by atoms with Crippen LogP contribution in [0.1, 0.15) is 5.56 Å². The zero-order valence-electron chi connectivity index (χ0n) is 6.42. The SMILES string of the molecule is Cc1ccccc1[SiH2]O[SiH3]. The first kappa shape index (κ1) is 7.72. The standard InChI is InChI=1S/C7H12OSi2/c1-6-4-2-3-5-7(6)10-8-9/h2-5H,10H2,1,9H3. The molecule has 3 heteroatoms. The van der Waals surface area contributed by atoms with E-state index < -0.39 is 0 Å². The summed E-state index contributed by atoms with van der Waals surface area (Å²) < 4.78 is 5.29. The first-order valence-electron chi connectivity index (χ1n) is 3.38. The van der Waals surface area contributed by atoms with E-state index in [-0.39, 0.29) is 9.76 Å². The van der Waals surface area contributed by atoms with Crippen LogP contribution in [0.4, 0.5) is 0 Å². The normalized spacial score (nSPS) is 11.3. The van der Waals surface area contributed by atoms with Crippen LogP contribution in [0.3, 0.4) is 0 Å². The smallest absolute Gasteiger partial charge is 0.178 e. The van der Waals surface area contributed by atoms with Crippen LogP contribution >= 0.6 is 0 Å². The fraction of sp³-hybridized carbons (Fsp3) is 0.143. The van der Waals surface area contributed by atoms with E-state index in [0.717, 1.165) is 10.5 Å². The quantitative estimate of drug-likeness (QED) is 0.515. The van der Waals surface area contributed by atoms with E-state index >= 15 is 0 Å². The minimum atomic E-state index is -0.368. The molecule has 0 aromatic heterocycles. The zero-order chi connectivity index (χ0) is 7.40. The van der Waals surface area contributed by atoms with E-state index in [0.29, 0.717) is 0 Å². The van der Waals surface area contributed by atoms with Gasteiger partial charge in [-0.05, 0) is 12.1 Å². The van der Waals surface area contributed by atoms with Crippen molar-refractivity contribution in [3.63, 3.8) is 0 Å². The number of aryl methyl sites for hydroxylation is 1. The summed E-state index contributed by atoms with van der Waals surface area (Å²) >= 11 is 0. The lowest BCUT2D eigenvalue weighted by Crippen LogP contribution is -2.18. The highest BCUT2D eigenvalue weighted by atomic mass is 28.3. The molecule has 0 aliphatic rings. The van der Waals surface area contributed by atoms with Gasteiger partial charge in [-0.15, -0.1) is 0 Å². The van der Waals surface area contributed by atoms with Crippen molar-refractivity contribution >= 4 is 25.4 Å². The summed E-state index contributed by atoms with van der Waals surface area (Å²) in [6.45, 7) is 2.14. The Morgan fingerprint density at radius 3 is 2.70 bits per heavy atom. The molecule has 0 unspecified atom stereocenters. The van der Waals surface area contributed by atoms with Gasteiger partial charge in [0, 0.05) is 0 Å². The number of hydrogen-bond acceptors (Lipinski definition) is 1. The van der Waals surface area contributed by atoms with Crippen LogP contribution in [0, 0.1) is 6.92 Å². The molecule has 0 saturated heterocycles. The van der Waals surface area contributed by atoms with Gasteiger partial charge >= 0.3 is 0 Å². The van der Waals surface area contributed by atoms with Gasteiger partial charge in [-0.25, -0.2) is 0 Å². The van der Waals surface area contributed by atoms with Crippen LogP contribution in [0.25, 0.3) is 0 Å². The third-order valence-corrected chi connectivity index (χ3v) is 3.82. The molecule has 1 nitrogen and oxygen atoms in total. The molecule has 0 N–H and O–H groups in total. The highest BCUT2D eigenvalue weighted by Crippen LogP contribution is 1.90. The van der Waals surface area contributed by atoms with Crippen LogP contribution in [-0.2, 0) is 4.12 Å². The van der Waals surface area contributed by atoms with Crippen molar-refractivity contribution in [3.05, 3.63) is 29.8 Å². The third kappa shape index (κ3) is 1.80. The van der Waals surface area contributed by atoms with Gasteiger partial charge in [-0.1, -0.05) is 29.8 Å². The summed E-state index contributed by atoms with van der Waals surface area (Å²) in [5, 5.41) is 1.44. The van der Waals surface area contributed by atoms with Gasteiger partial charge in [0.15, 0.2) is 9.76 Å². The van der Waals surface area contributed by atoms with Crippen LogP contribution in [-0.4, -0.2) is 20.2 Å². The highest BCUT2D eigenvalue weighted by Gasteiger charge is 1.93. The first-order chi connectivity index (χ1) is 4.84. The van der Waals surface area contributed by atoms with E-state index in [1.807, 2.05) is 0 Å². The zero-order valence-corrected chi connectivity index (χ0v) is 9.84. The molecule has 0 aliphatic heterocycles. The summed E-state index contributed by atoms with van der Waals surface area (Å²) in [6.07, 6.45) is 0. The molecule has 0 heterocycles. The van der Waals surface area contributed by atoms with Crippen molar-refractivity contribution in [1.82, 2.24) is 0 Å². The van der Waals surface area contributed by atoms with Gasteiger partial charge in [0.25, 0.3) is 0 Å². The molecule has 0 radical (unpaired) electrons. The van der Waals surface area contributed by atoms with Crippen molar-refractivity contribution in [3.8, 4) is 0 Å². The maximum atomic E-state index is 5.29. The van der Waals surface area contributed by atoms with E-state index in [9.17, 15) is 0 Å². The molecule has 0 bridgehead atoms. The summed E-state index contributed by atoms with van der Waals surface area (Å²) in [6, 6.07) is 8.46. The van der Waals surface area contributed by atoms with Crippen LogP contribution in [0.5, 0.6) is 0 Å². The lowest BCUT2D eigenvalue weighted by molar-refractivity contribution is 0.676. The average molecular weight is 168 g/mol. The Morgan fingerprint density at radius 1 is 1.40 bits per heavy atom. The molecule has 1 rings (SSSR count). The van der Waals surface area contributed by atoms with E-state index in [1.165, 1.54) is 10.8 Å². The highest BCUT2D eigenvalue weighted by molar-refractivity contribution is 6.51. The monoisotopic (exact) mass is 168 g/mol. The van der Waals surface area contributed by atoms with Gasteiger partial charge in [0.1, 0.15) is 10.5 Å². The Labute approximate surface area is 66.9 Å². The molecule has 0 atom stereocenters. The maximum absolute atomic E-state index is 5.29. The molecular weight excluding hydrogens is 156 g/mol. The van der Waals surface area contributed by atoms with Crippen LogP contribution < -0.4 is 5.19 Å². The van der Waals surface area contributed by atoms with Crippen molar-refractivity contribution in [2.45, 2.75) is 6.92 Å². The van der Waals surface area contributed by atoms with Crippen LogP contribution in [0.2, 0.25) is 0 Å². The number of benzene rings is 1. The van der Waals surface area contributed by atoms with Gasteiger partial charge in [-0.3, -0.25) is 0 Å². The van der Waals surface area contributed by atoms with E-state index in [4.69, 9.17) is 4.12 Å². The van der Waals surface area contributed by atoms with E-state index in [1.54, 1.807) is 0 Å². The van der Waals surface area contributed by atoms with Gasteiger partial charge in [0.2, 0.25) is 0 Å². The van der Waals surface area contributed by atoms with Gasteiger partial charge in [0.05, 0.1) is 0 Å². The molecule has 1 aromatic carbocycles. The molecule has 0 fully saturated rings. The lowest BCUT2D eigenvalue weighted by atomic mass is 10.2. The minimum Gasteiger partial charge on any atom is -0.465 e. The molecule has 0 saturated carbocycles. The Bertz CT molecular complexity index is 213. The van der Waals surface area contributed by atoms with Crippen molar-refractivity contribution in [2.75, 3.05) is 0 Å². The lowest BCUT2D eigenvalue weighted by Gasteiger charge is -2.01. The average Bonchev–Trinajstić information content (AvgIpc) is 1.94. The molecule has 0 spiro atoms. The summed E-state index contributed by atoms with van der Waals surface area (Å²) in [4.78, 5) is 0. The van der Waals surface area contributed by atoms with Crippen LogP contribution in [0.15, 0.2) is 24.3 Å². The Hall–Kier alpha value is -0.386. The van der Waals surface area contributed by atoms with Crippen molar-refractivity contribution in [1.29, 1.82) is 0 Å². The Kier molecular flexibility index (Phi) is 2.86. The van der Waals surface area contributed by atoms with Gasteiger partial charge < -0.3 is 4.12 Å². The predicted molar refractivity (Wildman–Crippen MR) is 50.4 cm³/mol. The molecule has 0 amide bonds. The molecule has 10 heavy (non-hydrogen) atoms. The fourth-order valence-electron chi connectivity index (χ4n) is 0.928. The Balaban J connectivity index is 2.81. The summed E-state index contributed by atoms with van der Waals surface area (Å²) in [7, 11) is 0.515. The Morgan fingerprint density at radius 2 is 2.10 bits per heavy atom. The minimum absolute atomic E-state index is 0.368. The summed E-state index contributed by atoms with van der Waals surface area (Å²) in [5.74, 6) is 0. The fourth-order valence-corrected chi connectivity index (χ4v) is 2.75. The predicted octanol–water partition coefficient (Wildman–Crippen LogP) is -0.999. The molecule has 0 aliphatic carbocycles. The van der Waals surface area contributed by atoms with Crippen molar-refractivity contribution < 1.29 is 4.12 Å². The molecule has 1 aromatic rings. The second-order valence-corrected chi connectivity index (χ2v) is 5.72.